The summed E-state index contributed by atoms with van der Waals surface area (Å²) in [5.74, 6) is 0.503. The van der Waals surface area contributed by atoms with E-state index in [0.717, 1.165) is 21.6 Å². The van der Waals surface area contributed by atoms with Crippen LogP contribution in [0.2, 0.25) is 0 Å². The molecule has 0 saturated heterocycles. The first kappa shape index (κ1) is 12.1. The zero-order valence-corrected chi connectivity index (χ0v) is 11.5. The highest BCUT2D eigenvalue weighted by molar-refractivity contribution is 7.12. The van der Waals surface area contributed by atoms with Gasteiger partial charge in [-0.2, -0.15) is 0 Å². The topological polar surface area (TPSA) is 56.4 Å². The summed E-state index contributed by atoms with van der Waals surface area (Å²) >= 11 is 1.62. The number of thiophene rings is 1. The molecule has 1 aliphatic rings. The van der Waals surface area contributed by atoms with Crippen molar-refractivity contribution in [2.75, 3.05) is 0 Å². The van der Waals surface area contributed by atoms with Crippen LogP contribution < -0.4 is 11.2 Å². The van der Waals surface area contributed by atoms with Crippen molar-refractivity contribution in [3.05, 3.63) is 48.8 Å². The van der Waals surface area contributed by atoms with E-state index >= 15 is 0 Å². The van der Waals surface area contributed by atoms with Gasteiger partial charge in [0.05, 0.1) is 11.3 Å². The number of hydrogen-bond acceptors (Lipinski definition) is 4. The molecule has 0 aromatic carbocycles. The smallest absolute Gasteiger partial charge is 0.281 e. The number of aromatic nitrogens is 2. The highest BCUT2D eigenvalue weighted by Crippen LogP contribution is 2.25. The van der Waals surface area contributed by atoms with E-state index in [1.165, 1.54) is 11.6 Å². The first-order valence-corrected chi connectivity index (χ1v) is 6.88. The summed E-state index contributed by atoms with van der Waals surface area (Å²) in [6, 6.07) is 3.98. The number of aliphatic imine (C=N–C) groups is 1. The predicted octanol–water partition coefficient (Wildman–Crippen LogP) is 1.21. The van der Waals surface area contributed by atoms with Crippen LogP contribution in [0.4, 0.5) is 5.82 Å². The summed E-state index contributed by atoms with van der Waals surface area (Å²) in [5, 5.41) is 2.00. The van der Waals surface area contributed by atoms with Crippen LogP contribution in [0.15, 0.2) is 32.1 Å². The van der Waals surface area contributed by atoms with Crippen LogP contribution in [-0.2, 0) is 20.5 Å². The summed E-state index contributed by atoms with van der Waals surface area (Å²) in [7, 11) is 3.16. The zero-order chi connectivity index (χ0) is 13.6. The zero-order valence-electron chi connectivity index (χ0n) is 10.7. The number of hydrogen-bond donors (Lipinski definition) is 0. The van der Waals surface area contributed by atoms with E-state index in [1.807, 2.05) is 17.5 Å². The summed E-state index contributed by atoms with van der Waals surface area (Å²) in [6.07, 6.45) is 1.37. The number of nitrogens with zero attached hydrogens (tertiary/aromatic N) is 3. The Balaban J connectivity index is 2.27. The Morgan fingerprint density at radius 3 is 2.68 bits per heavy atom. The minimum atomic E-state index is -0.333. The Hall–Kier alpha value is -1.95. The third-order valence-electron chi connectivity index (χ3n) is 3.38. The molecule has 1 aliphatic heterocycles. The molecule has 6 heteroatoms. The van der Waals surface area contributed by atoms with Crippen molar-refractivity contribution in [3.8, 4) is 0 Å². The second-order valence-electron chi connectivity index (χ2n) is 4.54. The fraction of sp³-hybridized carbons (Fsp3) is 0.308. The van der Waals surface area contributed by atoms with E-state index in [-0.39, 0.29) is 11.2 Å². The molecule has 0 N–H and O–H groups in total. The largest absolute Gasteiger partial charge is 0.332 e. The molecule has 19 heavy (non-hydrogen) atoms. The van der Waals surface area contributed by atoms with Crippen LogP contribution in [-0.4, -0.2) is 14.8 Å². The van der Waals surface area contributed by atoms with Gasteiger partial charge in [0.15, 0.2) is 0 Å². The average molecular weight is 275 g/mol. The van der Waals surface area contributed by atoms with Crippen LogP contribution in [0.1, 0.15) is 16.9 Å². The lowest BCUT2D eigenvalue weighted by molar-refractivity contribution is 0.667. The molecule has 0 unspecified atom stereocenters. The number of rotatable bonds is 1. The lowest BCUT2D eigenvalue weighted by Crippen LogP contribution is -2.39. The van der Waals surface area contributed by atoms with Crippen molar-refractivity contribution >= 4 is 22.9 Å². The van der Waals surface area contributed by atoms with E-state index in [9.17, 15) is 9.59 Å². The maximum atomic E-state index is 12.1. The SMILES string of the molecule is Cn1c2c(c(=O)n(C)c1=O)CCC(c1cccs1)=N2. The molecule has 0 atom stereocenters. The van der Waals surface area contributed by atoms with Crippen molar-refractivity contribution in [1.82, 2.24) is 9.13 Å². The molecule has 0 radical (unpaired) electrons. The van der Waals surface area contributed by atoms with Gasteiger partial charge in [0, 0.05) is 19.0 Å². The number of fused-ring (bicyclic) bond motifs is 1. The standard InChI is InChI=1S/C13H13N3O2S/c1-15-11-8(12(17)16(2)13(15)18)5-6-9(14-11)10-4-3-7-19-10/h3-4,7H,5-6H2,1-2H3. The molecule has 98 valence electrons. The lowest BCUT2D eigenvalue weighted by Gasteiger charge is -2.17. The monoisotopic (exact) mass is 275 g/mol. The molecule has 0 spiro atoms. The first-order valence-electron chi connectivity index (χ1n) is 6.00. The fourth-order valence-corrected chi connectivity index (χ4v) is 3.06. The Morgan fingerprint density at radius 1 is 1.21 bits per heavy atom. The Labute approximate surface area is 113 Å². The van der Waals surface area contributed by atoms with Gasteiger partial charge in [0.1, 0.15) is 5.82 Å². The van der Waals surface area contributed by atoms with Crippen LogP contribution in [0.25, 0.3) is 0 Å². The lowest BCUT2D eigenvalue weighted by atomic mass is 10.0. The molecule has 0 saturated carbocycles. The van der Waals surface area contributed by atoms with Gasteiger partial charge in [-0.3, -0.25) is 13.9 Å². The van der Waals surface area contributed by atoms with Gasteiger partial charge in [0.2, 0.25) is 0 Å². The Kier molecular flexibility index (Phi) is 2.74. The van der Waals surface area contributed by atoms with Crippen LogP contribution in [0, 0.1) is 0 Å². The van der Waals surface area contributed by atoms with Crippen LogP contribution in [0.5, 0.6) is 0 Å². The maximum Gasteiger partial charge on any atom is 0.332 e. The van der Waals surface area contributed by atoms with E-state index in [2.05, 4.69) is 4.99 Å². The van der Waals surface area contributed by atoms with E-state index in [1.54, 1.807) is 18.4 Å². The van der Waals surface area contributed by atoms with Gasteiger partial charge < -0.3 is 0 Å². The Bertz CT molecular complexity index is 781. The molecule has 0 amide bonds. The van der Waals surface area contributed by atoms with Gasteiger partial charge >= 0.3 is 5.69 Å². The van der Waals surface area contributed by atoms with E-state index in [4.69, 9.17) is 0 Å². The summed E-state index contributed by atoms with van der Waals surface area (Å²) in [4.78, 5) is 29.6. The van der Waals surface area contributed by atoms with Crippen LogP contribution >= 0.6 is 11.3 Å². The van der Waals surface area contributed by atoms with Gasteiger partial charge in [-0.15, -0.1) is 11.3 Å². The van der Waals surface area contributed by atoms with Crippen molar-refractivity contribution in [2.24, 2.45) is 19.1 Å². The van der Waals surface area contributed by atoms with Gasteiger partial charge in [-0.25, -0.2) is 9.79 Å². The molecular formula is C13H13N3O2S. The van der Waals surface area contributed by atoms with Crippen molar-refractivity contribution in [1.29, 1.82) is 0 Å². The van der Waals surface area contributed by atoms with Gasteiger partial charge in [-0.1, -0.05) is 6.07 Å². The first-order chi connectivity index (χ1) is 9.09. The molecule has 0 aliphatic carbocycles. The summed E-state index contributed by atoms with van der Waals surface area (Å²) < 4.78 is 2.59. The van der Waals surface area contributed by atoms with Crippen LogP contribution in [0.3, 0.4) is 0 Å². The molecular weight excluding hydrogens is 262 g/mol. The molecule has 5 nitrogen and oxygen atoms in total. The average Bonchev–Trinajstić information content (AvgIpc) is 2.96. The molecule has 3 heterocycles. The fourth-order valence-electron chi connectivity index (χ4n) is 2.31. The molecule has 0 fully saturated rings. The third kappa shape index (κ3) is 1.79. The molecule has 3 rings (SSSR count). The highest BCUT2D eigenvalue weighted by atomic mass is 32.1. The predicted molar refractivity (Wildman–Crippen MR) is 75.8 cm³/mol. The normalized spacial score (nSPS) is 14.1. The second kappa shape index (κ2) is 4.31. The Morgan fingerprint density at radius 2 is 2.00 bits per heavy atom. The molecule has 0 bridgehead atoms. The van der Waals surface area contributed by atoms with Crippen molar-refractivity contribution in [3.63, 3.8) is 0 Å². The summed E-state index contributed by atoms with van der Waals surface area (Å²) in [6.45, 7) is 0. The third-order valence-corrected chi connectivity index (χ3v) is 4.30. The van der Waals surface area contributed by atoms with E-state index < -0.39 is 0 Å². The minimum absolute atomic E-state index is 0.230. The van der Waals surface area contributed by atoms with Crippen molar-refractivity contribution in [2.45, 2.75) is 12.8 Å². The molecule has 2 aromatic heterocycles. The molecule has 2 aromatic rings. The highest BCUT2D eigenvalue weighted by Gasteiger charge is 2.21. The maximum absolute atomic E-state index is 12.1. The quantitative estimate of drug-likeness (QED) is 0.785. The van der Waals surface area contributed by atoms with Gasteiger partial charge in [-0.05, 0) is 24.3 Å². The second-order valence-corrected chi connectivity index (χ2v) is 5.49. The van der Waals surface area contributed by atoms with E-state index in [0.29, 0.717) is 17.8 Å². The summed E-state index contributed by atoms with van der Waals surface area (Å²) in [5.41, 5.74) is 1.02. The van der Waals surface area contributed by atoms with Crippen molar-refractivity contribution < 1.29 is 0 Å². The minimum Gasteiger partial charge on any atom is -0.281 e. The van der Waals surface area contributed by atoms with Gasteiger partial charge in [0.25, 0.3) is 5.56 Å².